The second-order valence-corrected chi connectivity index (χ2v) is 5.03. The number of pyridine rings is 1. The first-order chi connectivity index (χ1) is 10.1. The number of carbonyl (C=O) groups excluding carboxylic acids is 1. The molecule has 0 aliphatic heterocycles. The summed E-state index contributed by atoms with van der Waals surface area (Å²) in [5.74, 6) is 0.837. The van der Waals surface area contributed by atoms with Crippen LogP contribution < -0.4 is 14.8 Å². The van der Waals surface area contributed by atoms with E-state index < -0.39 is 6.09 Å². The fourth-order valence-corrected chi connectivity index (χ4v) is 2.39. The van der Waals surface area contributed by atoms with Crippen LogP contribution in [-0.2, 0) is 0 Å². The average Bonchev–Trinajstić information content (AvgIpc) is 2.49. The number of amides is 1. The molecule has 1 aromatic heterocycles. The van der Waals surface area contributed by atoms with E-state index >= 15 is 0 Å². The first-order valence-electron chi connectivity index (χ1n) is 6.27. The number of thioether (sulfide) groups is 1. The zero-order chi connectivity index (χ0) is 15.2. The molecule has 21 heavy (non-hydrogen) atoms. The minimum atomic E-state index is -0.583. The molecule has 0 atom stereocenters. The van der Waals surface area contributed by atoms with E-state index in [9.17, 15) is 4.79 Å². The van der Waals surface area contributed by atoms with Crippen LogP contribution >= 0.6 is 11.8 Å². The lowest BCUT2D eigenvalue weighted by Gasteiger charge is -2.13. The Kier molecular flexibility index (Phi) is 5.05. The monoisotopic (exact) mass is 304 g/mol. The molecule has 2 aromatic rings. The summed E-state index contributed by atoms with van der Waals surface area (Å²) in [4.78, 5) is 17.1. The van der Waals surface area contributed by atoms with Crippen LogP contribution in [0.1, 0.15) is 5.69 Å². The predicted molar refractivity (Wildman–Crippen MR) is 83.4 cm³/mol. The molecule has 0 fully saturated rings. The largest absolute Gasteiger partial charge is 0.479 e. The van der Waals surface area contributed by atoms with Gasteiger partial charge in [0.25, 0.3) is 0 Å². The number of carbonyl (C=O) groups is 1. The fourth-order valence-electron chi connectivity index (χ4n) is 1.76. The number of para-hydroxylation sites is 1. The Hall–Kier alpha value is -2.21. The molecule has 2 rings (SSSR count). The Morgan fingerprint density at radius 3 is 2.62 bits per heavy atom. The summed E-state index contributed by atoms with van der Waals surface area (Å²) in [6.45, 7) is 1.87. The van der Waals surface area contributed by atoms with Gasteiger partial charge >= 0.3 is 6.09 Å². The fraction of sp³-hybridized carbons (Fsp3) is 0.200. The van der Waals surface area contributed by atoms with Crippen molar-refractivity contribution in [2.75, 3.05) is 18.7 Å². The van der Waals surface area contributed by atoms with Crippen molar-refractivity contribution in [1.82, 2.24) is 4.98 Å². The minimum Gasteiger partial charge on any atom is -0.479 e. The Morgan fingerprint density at radius 2 is 2.00 bits per heavy atom. The van der Waals surface area contributed by atoms with Gasteiger partial charge in [0.1, 0.15) is 11.4 Å². The van der Waals surface area contributed by atoms with Gasteiger partial charge in [-0.15, -0.1) is 11.8 Å². The summed E-state index contributed by atoms with van der Waals surface area (Å²) in [6.07, 6.45) is 1.34. The van der Waals surface area contributed by atoms with E-state index in [2.05, 4.69) is 10.3 Å². The van der Waals surface area contributed by atoms with Crippen LogP contribution in [-0.4, -0.2) is 24.4 Å². The second kappa shape index (κ2) is 6.99. The van der Waals surface area contributed by atoms with Crippen molar-refractivity contribution in [2.45, 2.75) is 11.8 Å². The average molecular weight is 304 g/mol. The zero-order valence-corrected chi connectivity index (χ0v) is 12.9. The molecule has 0 aliphatic carbocycles. The van der Waals surface area contributed by atoms with E-state index in [4.69, 9.17) is 9.47 Å². The van der Waals surface area contributed by atoms with Crippen molar-refractivity contribution in [2.24, 2.45) is 0 Å². The van der Waals surface area contributed by atoms with E-state index in [0.717, 1.165) is 10.6 Å². The number of ether oxygens (including phenoxy) is 2. The number of hydrogen-bond acceptors (Lipinski definition) is 5. The highest BCUT2D eigenvalue weighted by Gasteiger charge is 2.15. The molecule has 110 valence electrons. The number of rotatable bonds is 4. The molecule has 0 radical (unpaired) electrons. The second-order valence-electron chi connectivity index (χ2n) is 4.18. The van der Waals surface area contributed by atoms with Gasteiger partial charge < -0.3 is 9.47 Å². The maximum Gasteiger partial charge on any atom is 0.417 e. The van der Waals surface area contributed by atoms with Crippen molar-refractivity contribution in [1.29, 1.82) is 0 Å². The number of anilines is 1. The normalized spacial score (nSPS) is 10.0. The molecule has 0 bridgehead atoms. The lowest BCUT2D eigenvalue weighted by Crippen LogP contribution is -2.18. The molecular formula is C15H16N2O3S. The Bertz CT molecular complexity index is 607. The van der Waals surface area contributed by atoms with Crippen LogP contribution in [0.15, 0.2) is 41.3 Å². The van der Waals surface area contributed by atoms with Gasteiger partial charge in [0.2, 0.25) is 5.88 Å². The van der Waals surface area contributed by atoms with Gasteiger partial charge in [0, 0.05) is 10.6 Å². The highest BCUT2D eigenvalue weighted by molar-refractivity contribution is 7.98. The third kappa shape index (κ3) is 3.88. The number of aromatic nitrogens is 1. The van der Waals surface area contributed by atoms with Crippen molar-refractivity contribution in [3.05, 3.63) is 42.1 Å². The van der Waals surface area contributed by atoms with Crippen molar-refractivity contribution in [3.63, 3.8) is 0 Å². The number of hydrogen-bond donors (Lipinski definition) is 1. The molecule has 1 heterocycles. The summed E-state index contributed by atoms with van der Waals surface area (Å²) >= 11 is 1.50. The lowest BCUT2D eigenvalue weighted by molar-refractivity contribution is 0.215. The molecule has 1 aromatic carbocycles. The molecular weight excluding hydrogens is 288 g/mol. The third-order valence-electron chi connectivity index (χ3n) is 2.67. The van der Waals surface area contributed by atoms with Crippen LogP contribution in [0.4, 0.5) is 10.5 Å². The molecule has 1 amide bonds. The molecule has 5 nitrogen and oxygen atoms in total. The van der Waals surface area contributed by atoms with E-state index in [1.54, 1.807) is 24.3 Å². The third-order valence-corrected chi connectivity index (χ3v) is 3.43. The van der Waals surface area contributed by atoms with Gasteiger partial charge in [-0.1, -0.05) is 18.2 Å². The SMILES string of the molecule is COc1nc(C)cc(SC)c1NC(=O)Oc1ccccc1. The van der Waals surface area contributed by atoms with Gasteiger partial charge in [0.15, 0.2) is 0 Å². The minimum absolute atomic E-state index is 0.365. The quantitative estimate of drug-likeness (QED) is 0.872. The number of aryl methyl sites for hydroxylation is 1. The number of nitrogens with one attached hydrogen (secondary N) is 1. The van der Waals surface area contributed by atoms with Gasteiger partial charge in [-0.05, 0) is 31.4 Å². The summed E-state index contributed by atoms with van der Waals surface area (Å²) in [7, 11) is 1.51. The first kappa shape index (κ1) is 15.2. The first-order valence-corrected chi connectivity index (χ1v) is 7.50. The summed E-state index contributed by atoms with van der Waals surface area (Å²) in [5, 5.41) is 2.69. The molecule has 1 N–H and O–H groups in total. The van der Waals surface area contributed by atoms with E-state index in [-0.39, 0.29) is 0 Å². The van der Waals surface area contributed by atoms with E-state index in [1.165, 1.54) is 18.9 Å². The highest BCUT2D eigenvalue weighted by atomic mass is 32.2. The van der Waals surface area contributed by atoms with Crippen LogP contribution in [0.25, 0.3) is 0 Å². The molecule has 0 aliphatic rings. The highest BCUT2D eigenvalue weighted by Crippen LogP contribution is 2.33. The molecule has 0 saturated carbocycles. The van der Waals surface area contributed by atoms with Crippen LogP contribution in [0.5, 0.6) is 11.6 Å². The molecule has 0 unspecified atom stereocenters. The molecule has 6 heteroatoms. The maximum atomic E-state index is 12.0. The maximum absolute atomic E-state index is 12.0. The predicted octanol–water partition coefficient (Wildman–Crippen LogP) is 3.73. The van der Waals surface area contributed by atoms with Gasteiger partial charge in [-0.25, -0.2) is 9.78 Å². The summed E-state index contributed by atoms with van der Waals surface area (Å²) < 4.78 is 10.4. The Balaban J connectivity index is 2.20. The van der Waals surface area contributed by atoms with Gasteiger partial charge in [-0.2, -0.15) is 0 Å². The van der Waals surface area contributed by atoms with Crippen LogP contribution in [0, 0.1) is 6.92 Å². The van der Waals surface area contributed by atoms with Gasteiger partial charge in [-0.3, -0.25) is 5.32 Å². The Morgan fingerprint density at radius 1 is 1.29 bits per heavy atom. The molecule has 0 saturated heterocycles. The number of benzene rings is 1. The topological polar surface area (TPSA) is 60.5 Å². The van der Waals surface area contributed by atoms with E-state index in [1.807, 2.05) is 25.3 Å². The zero-order valence-electron chi connectivity index (χ0n) is 12.0. The van der Waals surface area contributed by atoms with Crippen LogP contribution in [0.2, 0.25) is 0 Å². The van der Waals surface area contributed by atoms with Crippen molar-refractivity contribution >= 4 is 23.5 Å². The van der Waals surface area contributed by atoms with Crippen molar-refractivity contribution < 1.29 is 14.3 Å². The summed E-state index contributed by atoms with van der Waals surface area (Å²) in [6, 6.07) is 10.7. The number of nitrogens with zero attached hydrogens (tertiary/aromatic N) is 1. The van der Waals surface area contributed by atoms with Crippen LogP contribution in [0.3, 0.4) is 0 Å². The summed E-state index contributed by atoms with van der Waals surface area (Å²) in [5.41, 5.74) is 1.33. The van der Waals surface area contributed by atoms with Gasteiger partial charge in [0.05, 0.1) is 7.11 Å². The van der Waals surface area contributed by atoms with E-state index in [0.29, 0.717) is 17.3 Å². The Labute approximate surface area is 127 Å². The smallest absolute Gasteiger partial charge is 0.417 e. The standard InChI is InChI=1S/C15H16N2O3S/c1-10-9-12(21-3)13(14(16-10)19-2)17-15(18)20-11-7-5-4-6-8-11/h4-9H,1-3H3,(H,17,18). The number of methoxy groups -OCH3 is 1. The lowest BCUT2D eigenvalue weighted by atomic mass is 10.3. The molecule has 0 spiro atoms. The van der Waals surface area contributed by atoms with Crippen molar-refractivity contribution in [3.8, 4) is 11.6 Å².